The van der Waals surface area contributed by atoms with Crippen molar-refractivity contribution in [2.75, 3.05) is 0 Å². The molecule has 0 spiro atoms. The minimum Gasteiger partial charge on any atom is -0.206 e. The normalized spacial score (nSPS) is 19.3. The molecule has 1 saturated carbocycles. The molecular formula is C28H35F3. The molecule has 1 fully saturated rings. The first-order valence-electron chi connectivity index (χ1n) is 12.0. The summed E-state index contributed by atoms with van der Waals surface area (Å²) in [6.07, 6.45) is 12.9. The van der Waals surface area contributed by atoms with Crippen molar-refractivity contribution in [3.8, 4) is 0 Å². The van der Waals surface area contributed by atoms with Crippen molar-refractivity contribution in [3.05, 3.63) is 76.1 Å². The lowest BCUT2D eigenvalue weighted by atomic mass is 9.78. The van der Waals surface area contributed by atoms with E-state index < -0.39 is 11.6 Å². The molecule has 0 heterocycles. The maximum Gasteiger partial charge on any atom is 0.162 e. The van der Waals surface area contributed by atoms with Crippen LogP contribution in [0, 0.1) is 23.4 Å². The van der Waals surface area contributed by atoms with Gasteiger partial charge in [-0.3, -0.25) is 0 Å². The highest BCUT2D eigenvalue weighted by atomic mass is 19.2. The third kappa shape index (κ3) is 6.24. The van der Waals surface area contributed by atoms with Gasteiger partial charge >= 0.3 is 0 Å². The van der Waals surface area contributed by atoms with Gasteiger partial charge in [0, 0.05) is 5.56 Å². The van der Waals surface area contributed by atoms with Crippen LogP contribution < -0.4 is 0 Å². The highest BCUT2D eigenvalue weighted by Gasteiger charge is 2.25. The number of benzene rings is 2. The third-order valence-corrected chi connectivity index (χ3v) is 6.60. The lowest BCUT2D eigenvalue weighted by molar-refractivity contribution is 0.364. The van der Waals surface area contributed by atoms with Gasteiger partial charge in [-0.1, -0.05) is 69.5 Å². The standard InChI is InChI=1S/C28H35F3/c1-3-5-6-8-24-17-18-25(28(31)27(24)30)22-13-9-20(10-14-22)11-15-23-16-12-21(7-4-2)19-26(23)29/h11-12,15-20,22H,3-10,13-14H2,1-2H3. The zero-order valence-corrected chi connectivity index (χ0v) is 18.9. The van der Waals surface area contributed by atoms with Crippen LogP contribution in [0.3, 0.4) is 0 Å². The van der Waals surface area contributed by atoms with E-state index in [4.69, 9.17) is 0 Å². The van der Waals surface area contributed by atoms with Crippen molar-refractivity contribution in [3.63, 3.8) is 0 Å². The molecule has 31 heavy (non-hydrogen) atoms. The quantitative estimate of drug-likeness (QED) is 0.350. The highest BCUT2D eigenvalue weighted by molar-refractivity contribution is 5.51. The van der Waals surface area contributed by atoms with Crippen molar-refractivity contribution in [2.45, 2.75) is 84.0 Å². The predicted molar refractivity (Wildman–Crippen MR) is 124 cm³/mol. The molecule has 0 amide bonds. The Bertz CT molecular complexity index is 876. The molecule has 0 unspecified atom stereocenters. The SMILES string of the molecule is CCCCCc1ccc(C2CCC(C=Cc3ccc(CCC)cc3F)CC2)c(F)c1F. The van der Waals surface area contributed by atoms with Crippen LogP contribution in [0.4, 0.5) is 13.2 Å². The second kappa shape index (κ2) is 11.5. The van der Waals surface area contributed by atoms with E-state index >= 15 is 0 Å². The van der Waals surface area contributed by atoms with E-state index in [1.54, 1.807) is 18.2 Å². The van der Waals surface area contributed by atoms with Gasteiger partial charge in [-0.2, -0.15) is 0 Å². The molecule has 0 bridgehead atoms. The fraction of sp³-hybridized carbons (Fsp3) is 0.500. The first-order chi connectivity index (χ1) is 15.0. The van der Waals surface area contributed by atoms with Crippen LogP contribution in [-0.2, 0) is 12.8 Å². The average Bonchev–Trinajstić information content (AvgIpc) is 2.77. The van der Waals surface area contributed by atoms with Crippen LogP contribution >= 0.6 is 0 Å². The Balaban J connectivity index is 1.58. The zero-order chi connectivity index (χ0) is 22.2. The number of aryl methyl sites for hydroxylation is 2. The Kier molecular flexibility index (Phi) is 8.80. The van der Waals surface area contributed by atoms with E-state index in [2.05, 4.69) is 19.9 Å². The lowest BCUT2D eigenvalue weighted by Gasteiger charge is -2.27. The van der Waals surface area contributed by atoms with Crippen molar-refractivity contribution < 1.29 is 13.2 Å². The van der Waals surface area contributed by atoms with E-state index in [0.29, 0.717) is 29.0 Å². The number of hydrogen-bond acceptors (Lipinski definition) is 0. The molecule has 168 valence electrons. The molecule has 0 N–H and O–H groups in total. The summed E-state index contributed by atoms with van der Waals surface area (Å²) in [5.41, 5.74) is 2.67. The molecular weight excluding hydrogens is 393 g/mol. The molecule has 0 radical (unpaired) electrons. The van der Waals surface area contributed by atoms with Crippen LogP contribution in [0.15, 0.2) is 36.4 Å². The molecule has 3 rings (SSSR count). The van der Waals surface area contributed by atoms with Crippen molar-refractivity contribution in [1.82, 2.24) is 0 Å². The van der Waals surface area contributed by atoms with Crippen LogP contribution in [0.1, 0.15) is 93.4 Å². The van der Waals surface area contributed by atoms with Gasteiger partial charge in [0.25, 0.3) is 0 Å². The summed E-state index contributed by atoms with van der Waals surface area (Å²) < 4.78 is 43.5. The summed E-state index contributed by atoms with van der Waals surface area (Å²) in [7, 11) is 0. The van der Waals surface area contributed by atoms with Gasteiger partial charge in [0.05, 0.1) is 0 Å². The van der Waals surface area contributed by atoms with E-state index in [9.17, 15) is 13.2 Å². The van der Waals surface area contributed by atoms with E-state index in [1.165, 1.54) is 0 Å². The predicted octanol–water partition coefficient (Wildman–Crippen LogP) is 8.78. The number of allylic oxidation sites excluding steroid dienone is 1. The number of rotatable bonds is 9. The van der Waals surface area contributed by atoms with Crippen LogP contribution in [0.2, 0.25) is 0 Å². The Morgan fingerprint density at radius 2 is 1.61 bits per heavy atom. The van der Waals surface area contributed by atoms with Gasteiger partial charge in [0.2, 0.25) is 0 Å². The summed E-state index contributed by atoms with van der Waals surface area (Å²) in [6, 6.07) is 9.05. The smallest absolute Gasteiger partial charge is 0.162 e. The summed E-state index contributed by atoms with van der Waals surface area (Å²) in [5.74, 6) is -1.06. The van der Waals surface area contributed by atoms with E-state index in [-0.39, 0.29) is 11.7 Å². The molecule has 0 saturated heterocycles. The molecule has 0 aromatic heterocycles. The lowest BCUT2D eigenvalue weighted by Crippen LogP contribution is -2.14. The zero-order valence-electron chi connectivity index (χ0n) is 18.9. The first kappa shape index (κ1) is 23.6. The Hall–Kier alpha value is -2.03. The maximum atomic E-state index is 14.7. The van der Waals surface area contributed by atoms with Crippen molar-refractivity contribution >= 4 is 6.08 Å². The molecule has 1 aliphatic carbocycles. The molecule has 0 atom stereocenters. The van der Waals surface area contributed by atoms with Crippen LogP contribution in [0.25, 0.3) is 6.08 Å². The molecule has 2 aromatic carbocycles. The second-order valence-electron chi connectivity index (χ2n) is 8.98. The summed E-state index contributed by atoms with van der Waals surface area (Å²) in [6.45, 7) is 4.19. The van der Waals surface area contributed by atoms with Crippen LogP contribution in [-0.4, -0.2) is 0 Å². The summed E-state index contributed by atoms with van der Waals surface area (Å²) >= 11 is 0. The highest BCUT2D eigenvalue weighted by Crippen LogP contribution is 2.38. The second-order valence-corrected chi connectivity index (χ2v) is 8.98. The number of unbranched alkanes of at least 4 members (excludes halogenated alkanes) is 2. The van der Waals surface area contributed by atoms with Gasteiger partial charge in [-0.15, -0.1) is 0 Å². The van der Waals surface area contributed by atoms with Gasteiger partial charge in [-0.05, 0) is 79.5 Å². The molecule has 1 aliphatic rings. The third-order valence-electron chi connectivity index (χ3n) is 6.60. The van der Waals surface area contributed by atoms with Crippen molar-refractivity contribution in [2.24, 2.45) is 5.92 Å². The summed E-state index contributed by atoms with van der Waals surface area (Å²) in [4.78, 5) is 0. The summed E-state index contributed by atoms with van der Waals surface area (Å²) in [5, 5.41) is 0. The molecule has 3 heteroatoms. The van der Waals surface area contributed by atoms with Gasteiger partial charge in [0.15, 0.2) is 11.6 Å². The molecule has 0 nitrogen and oxygen atoms in total. The largest absolute Gasteiger partial charge is 0.206 e. The van der Waals surface area contributed by atoms with Gasteiger partial charge < -0.3 is 0 Å². The average molecular weight is 429 g/mol. The fourth-order valence-electron chi connectivity index (χ4n) is 4.69. The first-order valence-corrected chi connectivity index (χ1v) is 12.0. The van der Waals surface area contributed by atoms with Gasteiger partial charge in [0.1, 0.15) is 5.82 Å². The topological polar surface area (TPSA) is 0 Å². The van der Waals surface area contributed by atoms with E-state index in [1.807, 2.05) is 18.2 Å². The van der Waals surface area contributed by atoms with Crippen LogP contribution in [0.5, 0.6) is 0 Å². The monoisotopic (exact) mass is 428 g/mol. The Labute approximate surface area is 185 Å². The fourth-order valence-corrected chi connectivity index (χ4v) is 4.69. The minimum atomic E-state index is -0.655. The Morgan fingerprint density at radius 3 is 2.29 bits per heavy atom. The number of hydrogen-bond donors (Lipinski definition) is 0. The van der Waals surface area contributed by atoms with E-state index in [0.717, 1.165) is 63.4 Å². The van der Waals surface area contributed by atoms with Gasteiger partial charge in [-0.25, -0.2) is 13.2 Å². The Morgan fingerprint density at radius 1 is 0.839 bits per heavy atom. The minimum absolute atomic E-state index is 0.0638. The maximum absolute atomic E-state index is 14.7. The molecule has 0 aliphatic heterocycles. The van der Waals surface area contributed by atoms with Crippen molar-refractivity contribution in [1.29, 1.82) is 0 Å². The number of halogens is 3. The molecule has 2 aromatic rings.